The van der Waals surface area contributed by atoms with Gasteiger partial charge in [-0.15, -0.1) is 0 Å². The summed E-state index contributed by atoms with van der Waals surface area (Å²) in [5.74, 6) is 2.17. The Bertz CT molecular complexity index is 721. The maximum atomic E-state index is 5.82. The van der Waals surface area contributed by atoms with Crippen molar-refractivity contribution in [3.05, 3.63) is 47.5 Å². The molecule has 1 saturated carbocycles. The number of hydrogen-bond donors (Lipinski definition) is 0. The zero-order chi connectivity index (χ0) is 17.9. The summed E-state index contributed by atoms with van der Waals surface area (Å²) in [7, 11) is 1.71. The zero-order valence-electron chi connectivity index (χ0n) is 15.9. The monoisotopic (exact) mass is 355 g/mol. The molecule has 0 spiro atoms. The first-order valence-corrected chi connectivity index (χ1v) is 9.73. The van der Waals surface area contributed by atoms with Gasteiger partial charge in [-0.25, -0.2) is 4.98 Å². The normalized spacial score (nSPS) is 20.2. The zero-order valence-corrected chi connectivity index (χ0v) is 15.9. The second-order valence-electron chi connectivity index (χ2n) is 7.55. The second kappa shape index (κ2) is 7.80. The molecule has 1 atom stereocenters. The molecule has 1 aromatic carbocycles. The number of ether oxygens (including phenoxy) is 2. The van der Waals surface area contributed by atoms with Gasteiger partial charge in [0.25, 0.3) is 0 Å². The quantitative estimate of drug-likeness (QED) is 0.727. The first-order chi connectivity index (χ1) is 12.8. The minimum Gasteiger partial charge on any atom is -0.497 e. The van der Waals surface area contributed by atoms with Gasteiger partial charge in [-0.2, -0.15) is 0 Å². The lowest BCUT2D eigenvalue weighted by atomic mass is 9.98. The van der Waals surface area contributed by atoms with Crippen LogP contribution in [0.25, 0.3) is 0 Å². The maximum absolute atomic E-state index is 5.82. The Morgan fingerprint density at radius 1 is 1.19 bits per heavy atom. The first kappa shape index (κ1) is 17.6. The highest BCUT2D eigenvalue weighted by molar-refractivity contribution is 5.28. The average Bonchev–Trinajstić information content (AvgIpc) is 3.39. The van der Waals surface area contributed by atoms with E-state index in [1.165, 1.54) is 29.8 Å². The Morgan fingerprint density at radius 3 is 2.69 bits per heavy atom. The van der Waals surface area contributed by atoms with E-state index in [9.17, 15) is 0 Å². The molecule has 140 valence electrons. The Labute approximate surface area is 155 Å². The standard InChI is InChI=1S/C21H29N3O2/c1-3-26-14-18-12-23(10-16-6-8-19(25-2)9-7-16)13-20-21(18)24(15-22-20)11-17-4-5-17/h6-9,15,17-18H,3-5,10-14H2,1-2H3. The summed E-state index contributed by atoms with van der Waals surface area (Å²) >= 11 is 0. The number of benzene rings is 1. The van der Waals surface area contributed by atoms with Crippen LogP contribution in [0, 0.1) is 5.92 Å². The van der Waals surface area contributed by atoms with Gasteiger partial charge >= 0.3 is 0 Å². The van der Waals surface area contributed by atoms with Crippen molar-refractivity contribution in [2.75, 3.05) is 26.9 Å². The Hall–Kier alpha value is -1.85. The molecule has 1 unspecified atom stereocenters. The summed E-state index contributed by atoms with van der Waals surface area (Å²) in [5.41, 5.74) is 3.95. The van der Waals surface area contributed by atoms with Gasteiger partial charge in [0.15, 0.2) is 0 Å². The Balaban J connectivity index is 1.50. The van der Waals surface area contributed by atoms with Crippen LogP contribution in [0.5, 0.6) is 5.75 Å². The van der Waals surface area contributed by atoms with Crippen molar-refractivity contribution in [2.24, 2.45) is 5.92 Å². The highest BCUT2D eigenvalue weighted by atomic mass is 16.5. The number of imidazole rings is 1. The van der Waals surface area contributed by atoms with E-state index in [4.69, 9.17) is 14.5 Å². The molecule has 0 radical (unpaired) electrons. The molecule has 1 aliphatic carbocycles. The molecule has 0 bridgehead atoms. The number of hydrogen-bond acceptors (Lipinski definition) is 4. The molecule has 5 nitrogen and oxygen atoms in total. The molecule has 0 amide bonds. The first-order valence-electron chi connectivity index (χ1n) is 9.73. The lowest BCUT2D eigenvalue weighted by Gasteiger charge is -2.33. The van der Waals surface area contributed by atoms with Gasteiger partial charge in [-0.3, -0.25) is 4.90 Å². The van der Waals surface area contributed by atoms with Gasteiger partial charge in [0.1, 0.15) is 5.75 Å². The van der Waals surface area contributed by atoms with Crippen LogP contribution in [0.3, 0.4) is 0 Å². The van der Waals surface area contributed by atoms with Crippen LogP contribution in [0.4, 0.5) is 0 Å². The predicted molar refractivity (Wildman–Crippen MR) is 101 cm³/mol. The average molecular weight is 355 g/mol. The van der Waals surface area contributed by atoms with E-state index in [2.05, 4.69) is 34.9 Å². The van der Waals surface area contributed by atoms with Gasteiger partial charge in [0.2, 0.25) is 0 Å². The van der Waals surface area contributed by atoms with Gasteiger partial charge < -0.3 is 14.0 Å². The molecule has 2 aromatic rings. The lowest BCUT2D eigenvalue weighted by Crippen LogP contribution is -2.36. The van der Waals surface area contributed by atoms with Crippen LogP contribution in [-0.4, -0.2) is 41.3 Å². The summed E-state index contributed by atoms with van der Waals surface area (Å²) in [5, 5.41) is 0. The largest absolute Gasteiger partial charge is 0.497 e. The van der Waals surface area contributed by atoms with Crippen LogP contribution in [0.2, 0.25) is 0 Å². The molecular formula is C21H29N3O2. The number of nitrogens with zero attached hydrogens (tertiary/aromatic N) is 3. The van der Waals surface area contributed by atoms with E-state index in [1.54, 1.807) is 7.11 Å². The van der Waals surface area contributed by atoms with Crippen LogP contribution in [0.15, 0.2) is 30.6 Å². The topological polar surface area (TPSA) is 39.5 Å². The van der Waals surface area contributed by atoms with E-state index >= 15 is 0 Å². The van der Waals surface area contributed by atoms with Crippen molar-refractivity contribution in [2.45, 2.75) is 45.3 Å². The molecule has 1 aliphatic heterocycles. The second-order valence-corrected chi connectivity index (χ2v) is 7.55. The summed E-state index contributed by atoms with van der Waals surface area (Å²) in [6, 6.07) is 8.37. The van der Waals surface area contributed by atoms with E-state index in [0.29, 0.717) is 5.92 Å². The minimum atomic E-state index is 0.401. The van der Waals surface area contributed by atoms with Crippen LogP contribution in [0.1, 0.15) is 42.6 Å². The van der Waals surface area contributed by atoms with Crippen molar-refractivity contribution >= 4 is 0 Å². The summed E-state index contributed by atoms with van der Waals surface area (Å²) in [6.07, 6.45) is 4.79. The highest BCUT2D eigenvalue weighted by Gasteiger charge is 2.31. The van der Waals surface area contributed by atoms with Crippen molar-refractivity contribution in [1.29, 1.82) is 0 Å². The third-order valence-corrected chi connectivity index (χ3v) is 5.44. The third-order valence-electron chi connectivity index (χ3n) is 5.44. The fraction of sp³-hybridized carbons (Fsp3) is 0.571. The van der Waals surface area contributed by atoms with E-state index in [-0.39, 0.29) is 0 Å². The minimum absolute atomic E-state index is 0.401. The van der Waals surface area contributed by atoms with Crippen molar-refractivity contribution in [3.8, 4) is 5.75 Å². The maximum Gasteiger partial charge on any atom is 0.118 e. The van der Waals surface area contributed by atoms with E-state index in [1.807, 2.05) is 12.1 Å². The van der Waals surface area contributed by atoms with Gasteiger partial charge in [-0.1, -0.05) is 12.1 Å². The van der Waals surface area contributed by atoms with E-state index < -0.39 is 0 Å². The van der Waals surface area contributed by atoms with Gasteiger partial charge in [-0.05, 0) is 43.4 Å². The van der Waals surface area contributed by atoms with Crippen LogP contribution in [-0.2, 0) is 24.4 Å². The molecular weight excluding hydrogens is 326 g/mol. The molecule has 0 saturated heterocycles. The Kier molecular flexibility index (Phi) is 5.27. The third kappa shape index (κ3) is 3.94. The molecule has 4 rings (SSSR count). The number of fused-ring (bicyclic) bond motifs is 1. The number of aromatic nitrogens is 2. The summed E-state index contributed by atoms with van der Waals surface area (Å²) in [4.78, 5) is 7.25. The fourth-order valence-electron chi connectivity index (χ4n) is 3.93. The van der Waals surface area contributed by atoms with Crippen LogP contribution < -0.4 is 4.74 Å². The van der Waals surface area contributed by atoms with Gasteiger partial charge in [0, 0.05) is 44.4 Å². The van der Waals surface area contributed by atoms with Crippen molar-refractivity contribution < 1.29 is 9.47 Å². The molecule has 1 aromatic heterocycles. The number of rotatable bonds is 8. The summed E-state index contributed by atoms with van der Waals surface area (Å²) < 4.78 is 13.5. The summed E-state index contributed by atoms with van der Waals surface area (Å²) in [6.45, 7) is 7.61. The van der Waals surface area contributed by atoms with E-state index in [0.717, 1.165) is 51.1 Å². The van der Waals surface area contributed by atoms with Crippen molar-refractivity contribution in [1.82, 2.24) is 14.5 Å². The lowest BCUT2D eigenvalue weighted by molar-refractivity contribution is 0.102. The molecule has 0 N–H and O–H groups in total. The predicted octanol–water partition coefficient (Wildman–Crippen LogP) is 3.44. The SMILES string of the molecule is CCOCC1CN(Cc2ccc(OC)cc2)Cc2ncn(CC3CC3)c21. The Morgan fingerprint density at radius 2 is 2.00 bits per heavy atom. The molecule has 1 fully saturated rings. The smallest absolute Gasteiger partial charge is 0.118 e. The molecule has 2 aliphatic rings. The molecule has 5 heteroatoms. The fourth-order valence-corrected chi connectivity index (χ4v) is 3.93. The molecule has 2 heterocycles. The van der Waals surface area contributed by atoms with Crippen molar-refractivity contribution in [3.63, 3.8) is 0 Å². The van der Waals surface area contributed by atoms with Gasteiger partial charge in [0.05, 0.1) is 25.7 Å². The highest BCUT2D eigenvalue weighted by Crippen LogP contribution is 2.34. The van der Waals surface area contributed by atoms with Crippen LogP contribution >= 0.6 is 0 Å². The molecule has 26 heavy (non-hydrogen) atoms. The number of methoxy groups -OCH3 is 1.